The molecule has 1 spiro atoms. The van der Waals surface area contributed by atoms with E-state index < -0.39 is 0 Å². The van der Waals surface area contributed by atoms with Crippen molar-refractivity contribution in [1.82, 2.24) is 9.88 Å². The summed E-state index contributed by atoms with van der Waals surface area (Å²) in [6, 6.07) is 16.0. The molecule has 3 aromatic rings. The molecule has 1 unspecified atom stereocenters. The average Bonchev–Trinajstić information content (AvgIpc) is 3.00. The van der Waals surface area contributed by atoms with Crippen molar-refractivity contribution in [3.8, 4) is 17.2 Å². The highest BCUT2D eigenvalue weighted by Gasteiger charge is 2.38. The van der Waals surface area contributed by atoms with E-state index in [1.807, 2.05) is 42.5 Å². The summed E-state index contributed by atoms with van der Waals surface area (Å²) in [5, 5.41) is 12.0. The second-order valence-electron chi connectivity index (χ2n) is 8.11. The van der Waals surface area contributed by atoms with Crippen LogP contribution in [-0.4, -0.2) is 47.8 Å². The summed E-state index contributed by atoms with van der Waals surface area (Å²) < 4.78 is 12.6. The van der Waals surface area contributed by atoms with Crippen molar-refractivity contribution in [2.24, 2.45) is 12.8 Å². The second-order valence-corrected chi connectivity index (χ2v) is 9.67. The van der Waals surface area contributed by atoms with Gasteiger partial charge in [-0.25, -0.2) is 4.79 Å². The van der Waals surface area contributed by atoms with Crippen LogP contribution in [0.25, 0.3) is 22.2 Å². The number of rotatable bonds is 3. The van der Waals surface area contributed by atoms with Gasteiger partial charge < -0.3 is 20.2 Å². The van der Waals surface area contributed by atoms with Crippen molar-refractivity contribution < 1.29 is 16.8 Å². The molecule has 2 saturated heterocycles. The number of nitrogens with zero attached hydrogens (tertiary/aromatic N) is 2. The van der Waals surface area contributed by atoms with E-state index in [0.717, 1.165) is 54.9 Å². The van der Waals surface area contributed by atoms with Crippen LogP contribution in [0.15, 0.2) is 51.7 Å². The molecule has 0 radical (unpaired) electrons. The van der Waals surface area contributed by atoms with Gasteiger partial charge in [0.05, 0.1) is 29.5 Å². The Morgan fingerprint density at radius 2 is 2.00 bits per heavy atom. The number of ether oxygens (including phenoxy) is 1. The van der Waals surface area contributed by atoms with Crippen LogP contribution < -0.4 is 16.8 Å². The molecule has 3 heterocycles. The highest BCUT2D eigenvalue weighted by molar-refractivity contribution is 8.02. The number of primary amides is 1. The van der Waals surface area contributed by atoms with Gasteiger partial charge in [-0.3, -0.25) is 9.36 Å². The van der Waals surface area contributed by atoms with Gasteiger partial charge >= 0.3 is 5.76 Å². The molecule has 5 rings (SSSR count). The normalized spacial score (nSPS) is 18.9. The van der Waals surface area contributed by atoms with Crippen molar-refractivity contribution >= 4 is 29.3 Å². The van der Waals surface area contributed by atoms with E-state index in [4.69, 9.17) is 19.2 Å². The third-order valence-corrected chi connectivity index (χ3v) is 7.29. The first-order valence-electron chi connectivity index (χ1n) is 11.2. The highest BCUT2D eigenvalue weighted by atomic mass is 32.2. The number of nitriles is 1. The summed E-state index contributed by atoms with van der Waals surface area (Å²) in [5.41, 5.74) is 8.80. The average molecular weight is 487 g/mol. The maximum absolute atomic E-state index is 11.5. The molecule has 0 bridgehead atoms. The Kier molecular flexibility index (Phi) is 9.33. The number of aryl methyl sites for hydroxylation is 2. The number of aromatic nitrogens is 1. The minimum Gasteiger partial charge on any atom is -0.408 e. The molecule has 2 aromatic carbocycles. The fourth-order valence-electron chi connectivity index (χ4n) is 3.78. The fraction of sp³-hybridized carbons (Fsp3) is 0.400. The zero-order valence-corrected chi connectivity index (χ0v) is 20.1. The van der Waals surface area contributed by atoms with Crippen LogP contribution in [0.2, 0.25) is 0 Å². The molecule has 2 aliphatic rings. The van der Waals surface area contributed by atoms with E-state index >= 15 is 0 Å². The number of benzene rings is 2. The van der Waals surface area contributed by atoms with Crippen molar-refractivity contribution in [3.05, 3.63) is 58.6 Å². The maximum Gasteiger partial charge on any atom is 0.419 e. The minimum absolute atomic E-state index is 0. The molecule has 0 saturated carbocycles. The molecular weight excluding hydrogens is 452 g/mol. The summed E-state index contributed by atoms with van der Waals surface area (Å²) >= 11 is 2.05. The lowest BCUT2D eigenvalue weighted by Gasteiger charge is -2.39. The largest absolute Gasteiger partial charge is 0.419 e. The van der Waals surface area contributed by atoms with Crippen molar-refractivity contribution in [3.63, 3.8) is 0 Å². The quantitative estimate of drug-likeness (QED) is 0.544. The first-order valence-corrected chi connectivity index (χ1v) is 12.1. The van der Waals surface area contributed by atoms with E-state index in [1.165, 1.54) is 16.7 Å². The monoisotopic (exact) mass is 486 g/mol. The molecule has 2 aliphatic heterocycles. The molecule has 3 N–H and O–H groups in total. The standard InChI is InChI=1S/C17H14N2O2.C7H13NOS.CH3NO.2H2/c1-19-15-11-14(8-9-16(15)21-17(19)20)13-6-4-12(5-7-13)3-2-10-18;1-4-10-7(1)5-8-2-3-9-6-7;2-1-3;;/h4-9,11H,2-3H2,1H3;8H,1-6H2;1H,(H2,2,3);2*1H. The van der Waals surface area contributed by atoms with Crippen molar-refractivity contribution in [1.29, 1.82) is 5.26 Å². The smallest absolute Gasteiger partial charge is 0.408 e. The van der Waals surface area contributed by atoms with Crippen LogP contribution in [0.4, 0.5) is 0 Å². The Labute approximate surface area is 206 Å². The molecule has 8 nitrogen and oxygen atoms in total. The van der Waals surface area contributed by atoms with Crippen LogP contribution >= 0.6 is 11.8 Å². The van der Waals surface area contributed by atoms with Gasteiger partial charge in [-0.15, -0.1) is 0 Å². The zero-order valence-electron chi connectivity index (χ0n) is 19.3. The Hall–Kier alpha value is -3.06. The zero-order chi connectivity index (χ0) is 24.4. The van der Waals surface area contributed by atoms with Crippen LogP contribution in [0.1, 0.15) is 21.3 Å². The molecule has 1 aromatic heterocycles. The van der Waals surface area contributed by atoms with E-state index in [9.17, 15) is 4.79 Å². The highest BCUT2D eigenvalue weighted by Crippen LogP contribution is 2.40. The lowest BCUT2D eigenvalue weighted by molar-refractivity contribution is -0.106. The molecule has 184 valence electrons. The molecular formula is C25H34N4O4S. The summed E-state index contributed by atoms with van der Waals surface area (Å²) in [6.45, 7) is 4.03. The fourth-order valence-corrected chi connectivity index (χ4v) is 4.94. The Morgan fingerprint density at radius 3 is 2.65 bits per heavy atom. The van der Waals surface area contributed by atoms with E-state index in [1.54, 1.807) is 7.05 Å². The van der Waals surface area contributed by atoms with Crippen LogP contribution in [-0.2, 0) is 23.0 Å². The van der Waals surface area contributed by atoms with Gasteiger partial charge in [-0.2, -0.15) is 17.0 Å². The lowest BCUT2D eigenvalue weighted by atomic mass is 10.0. The number of nitrogens with two attached hydrogens (primary N) is 1. The summed E-state index contributed by atoms with van der Waals surface area (Å²) in [7, 11) is 1.70. The van der Waals surface area contributed by atoms with E-state index in [-0.39, 0.29) is 15.0 Å². The SMILES string of the molecule is C1COCC2(CCS2)CN1.Cn1c(=O)oc2ccc(-c3ccc(CCC#N)cc3)cc21.NC=O.[HH].[HH]. The second kappa shape index (κ2) is 12.4. The molecule has 2 fully saturated rings. The van der Waals surface area contributed by atoms with Crippen molar-refractivity contribution in [2.75, 3.05) is 32.1 Å². The number of carbonyl (C=O) groups excluding carboxylic acids is 1. The summed E-state index contributed by atoms with van der Waals surface area (Å²) in [6.07, 6.45) is 2.89. The number of amides is 1. The Morgan fingerprint density at radius 1 is 1.29 bits per heavy atom. The third kappa shape index (κ3) is 6.50. The minimum atomic E-state index is -0.353. The number of carbonyl (C=O) groups is 1. The topological polar surface area (TPSA) is 123 Å². The van der Waals surface area contributed by atoms with E-state index in [2.05, 4.69) is 28.9 Å². The van der Waals surface area contributed by atoms with Crippen molar-refractivity contribution in [2.45, 2.75) is 24.0 Å². The number of oxazole rings is 1. The number of fused-ring (bicyclic) bond motifs is 1. The van der Waals surface area contributed by atoms with E-state index in [0.29, 0.717) is 16.8 Å². The number of hydrogen-bond acceptors (Lipinski definition) is 7. The van der Waals surface area contributed by atoms with Gasteiger partial charge in [0.1, 0.15) is 0 Å². The predicted octanol–water partition coefficient (Wildman–Crippen LogP) is 3.33. The predicted molar refractivity (Wildman–Crippen MR) is 139 cm³/mol. The lowest BCUT2D eigenvalue weighted by Crippen LogP contribution is -2.45. The molecule has 0 aliphatic carbocycles. The van der Waals surface area contributed by atoms with Crippen LogP contribution in [0.3, 0.4) is 0 Å². The first-order chi connectivity index (χ1) is 16.5. The molecule has 34 heavy (non-hydrogen) atoms. The van der Waals surface area contributed by atoms with Gasteiger partial charge in [0.25, 0.3) is 0 Å². The molecule has 1 amide bonds. The van der Waals surface area contributed by atoms with Gasteiger partial charge in [-0.1, -0.05) is 30.3 Å². The van der Waals surface area contributed by atoms with Crippen LogP contribution in [0.5, 0.6) is 0 Å². The van der Waals surface area contributed by atoms with Gasteiger partial charge in [-0.05, 0) is 47.4 Å². The Bertz CT molecular complexity index is 1180. The van der Waals surface area contributed by atoms with Gasteiger partial charge in [0, 0.05) is 29.4 Å². The molecule has 1 atom stereocenters. The Balaban J connectivity index is 0.000000363. The third-order valence-electron chi connectivity index (χ3n) is 5.81. The number of nitrogens with one attached hydrogen (secondary N) is 1. The van der Waals surface area contributed by atoms with Gasteiger partial charge in [0.2, 0.25) is 6.41 Å². The van der Waals surface area contributed by atoms with Gasteiger partial charge in [0.15, 0.2) is 5.58 Å². The summed E-state index contributed by atoms with van der Waals surface area (Å²) in [4.78, 5) is 20.1. The molecule has 9 heteroatoms. The number of thioether (sulfide) groups is 1. The summed E-state index contributed by atoms with van der Waals surface area (Å²) in [5.74, 6) is 0.972. The first kappa shape index (κ1) is 25.6. The maximum atomic E-state index is 11.5. The number of hydrogen-bond donors (Lipinski definition) is 2. The van der Waals surface area contributed by atoms with Crippen LogP contribution in [0, 0.1) is 11.3 Å².